The highest BCUT2D eigenvalue weighted by Crippen LogP contribution is 2.39. The zero-order valence-electron chi connectivity index (χ0n) is 11.5. The summed E-state index contributed by atoms with van der Waals surface area (Å²) < 4.78 is 6.66. The zero-order chi connectivity index (χ0) is 14.1. The zero-order valence-corrected chi connectivity index (χ0v) is 13.1. The first-order valence-corrected chi connectivity index (χ1v) is 8.26. The fourth-order valence-electron chi connectivity index (χ4n) is 2.08. The number of ether oxygens (including phenoxy) is 1. The number of thiophene rings is 1. The third kappa shape index (κ3) is 2.39. The van der Waals surface area contributed by atoms with Gasteiger partial charge in [-0.3, -0.25) is 0 Å². The maximum Gasteiger partial charge on any atom is 0.127 e. The number of aryl methyl sites for hydroxylation is 1. The van der Waals surface area contributed by atoms with Crippen LogP contribution in [-0.4, -0.2) is 11.6 Å². The molecule has 2 N–H and O–H groups in total. The van der Waals surface area contributed by atoms with E-state index in [-0.39, 0.29) is 0 Å². The Kier molecular flexibility index (Phi) is 3.63. The summed E-state index contributed by atoms with van der Waals surface area (Å²) >= 11 is 3.31. The monoisotopic (exact) mass is 304 g/mol. The van der Waals surface area contributed by atoms with E-state index in [1.54, 1.807) is 22.7 Å². The number of benzene rings is 1. The average molecular weight is 304 g/mol. The Balaban J connectivity index is 2.05. The number of hydrogen-bond donors (Lipinski definition) is 1. The molecule has 0 unspecified atom stereocenters. The van der Waals surface area contributed by atoms with Gasteiger partial charge in [0.2, 0.25) is 0 Å². The molecule has 20 heavy (non-hydrogen) atoms. The van der Waals surface area contributed by atoms with Crippen molar-refractivity contribution >= 4 is 37.9 Å². The van der Waals surface area contributed by atoms with Crippen LogP contribution in [0, 0.1) is 0 Å². The van der Waals surface area contributed by atoms with Crippen molar-refractivity contribution in [3.8, 4) is 16.3 Å². The van der Waals surface area contributed by atoms with Gasteiger partial charge in [-0.15, -0.1) is 22.7 Å². The fourth-order valence-corrected chi connectivity index (χ4v) is 4.03. The highest BCUT2D eigenvalue weighted by atomic mass is 32.1. The number of nitrogens with two attached hydrogens (primary N) is 1. The van der Waals surface area contributed by atoms with Crippen molar-refractivity contribution in [2.45, 2.75) is 20.3 Å². The minimum absolute atomic E-state index is 0.675. The van der Waals surface area contributed by atoms with Gasteiger partial charge in [-0.25, -0.2) is 4.98 Å². The van der Waals surface area contributed by atoms with Crippen molar-refractivity contribution < 1.29 is 4.74 Å². The molecule has 0 saturated carbocycles. The average Bonchev–Trinajstić information content (AvgIpc) is 3.01. The van der Waals surface area contributed by atoms with Crippen LogP contribution in [0.4, 0.5) is 5.00 Å². The summed E-state index contributed by atoms with van der Waals surface area (Å²) in [4.78, 5) is 5.98. The minimum Gasteiger partial charge on any atom is -0.494 e. The Bertz CT molecular complexity index is 745. The Hall–Kier alpha value is -1.59. The summed E-state index contributed by atoms with van der Waals surface area (Å²) in [5.41, 5.74) is 8.17. The molecule has 2 aromatic heterocycles. The first-order chi connectivity index (χ1) is 9.71. The van der Waals surface area contributed by atoms with Crippen molar-refractivity contribution in [2.24, 2.45) is 0 Å². The minimum atomic E-state index is 0.675. The van der Waals surface area contributed by atoms with Gasteiger partial charge in [0.25, 0.3) is 0 Å². The van der Waals surface area contributed by atoms with Gasteiger partial charge in [0.1, 0.15) is 10.8 Å². The molecular weight excluding hydrogens is 288 g/mol. The van der Waals surface area contributed by atoms with Gasteiger partial charge in [-0.05, 0) is 37.6 Å². The largest absolute Gasteiger partial charge is 0.494 e. The van der Waals surface area contributed by atoms with Gasteiger partial charge < -0.3 is 10.5 Å². The summed E-state index contributed by atoms with van der Waals surface area (Å²) in [6, 6.07) is 8.16. The first kappa shape index (κ1) is 13.4. The second-order valence-electron chi connectivity index (χ2n) is 4.43. The quantitative estimate of drug-likeness (QED) is 0.768. The van der Waals surface area contributed by atoms with E-state index in [4.69, 9.17) is 10.5 Å². The standard InChI is InChI=1S/C15H16N2OS2/c1-3-10-8-11(14(16)19-10)15-17-12-6-5-9(18-4-2)7-13(12)20-15/h5-8H,3-4,16H2,1-2H3. The molecule has 0 aliphatic carbocycles. The van der Waals surface area contributed by atoms with E-state index in [0.717, 1.165) is 38.0 Å². The number of fused-ring (bicyclic) bond motifs is 1. The van der Waals surface area contributed by atoms with E-state index < -0.39 is 0 Å². The van der Waals surface area contributed by atoms with Crippen LogP contribution >= 0.6 is 22.7 Å². The molecule has 0 fully saturated rings. The van der Waals surface area contributed by atoms with E-state index in [9.17, 15) is 0 Å². The number of rotatable bonds is 4. The van der Waals surface area contributed by atoms with Gasteiger partial charge in [-0.2, -0.15) is 0 Å². The van der Waals surface area contributed by atoms with Gasteiger partial charge in [-0.1, -0.05) is 6.92 Å². The fraction of sp³-hybridized carbons (Fsp3) is 0.267. The van der Waals surface area contributed by atoms with Crippen molar-refractivity contribution in [3.05, 3.63) is 29.1 Å². The Morgan fingerprint density at radius 2 is 2.05 bits per heavy atom. The van der Waals surface area contributed by atoms with Crippen LogP contribution in [0.5, 0.6) is 5.75 Å². The van der Waals surface area contributed by atoms with Gasteiger partial charge in [0.05, 0.1) is 21.8 Å². The van der Waals surface area contributed by atoms with Gasteiger partial charge in [0, 0.05) is 10.4 Å². The number of nitrogens with zero attached hydrogens (tertiary/aromatic N) is 1. The highest BCUT2D eigenvalue weighted by Gasteiger charge is 2.13. The van der Waals surface area contributed by atoms with Gasteiger partial charge in [0.15, 0.2) is 0 Å². The number of thiazole rings is 1. The molecule has 0 radical (unpaired) electrons. The molecule has 0 bridgehead atoms. The molecule has 0 aliphatic heterocycles. The van der Waals surface area contributed by atoms with E-state index in [1.165, 1.54) is 4.88 Å². The summed E-state index contributed by atoms with van der Waals surface area (Å²) in [6.07, 6.45) is 1.01. The van der Waals surface area contributed by atoms with E-state index in [0.29, 0.717) is 6.61 Å². The number of anilines is 1. The molecule has 104 valence electrons. The first-order valence-electron chi connectivity index (χ1n) is 6.63. The number of nitrogen functional groups attached to an aromatic ring is 1. The van der Waals surface area contributed by atoms with Gasteiger partial charge >= 0.3 is 0 Å². The predicted molar refractivity (Wildman–Crippen MR) is 87.9 cm³/mol. The second kappa shape index (κ2) is 5.42. The molecule has 3 nitrogen and oxygen atoms in total. The SMILES string of the molecule is CCOc1ccc2nc(-c3cc(CC)sc3N)sc2c1. The molecule has 0 saturated heterocycles. The maximum absolute atomic E-state index is 6.11. The lowest BCUT2D eigenvalue weighted by molar-refractivity contribution is 0.341. The van der Waals surface area contributed by atoms with Crippen LogP contribution < -0.4 is 10.5 Å². The third-order valence-corrected chi connectivity index (χ3v) is 5.22. The Labute approximate surface area is 126 Å². The molecular formula is C15H16N2OS2. The lowest BCUT2D eigenvalue weighted by atomic mass is 10.2. The van der Waals surface area contributed by atoms with Crippen LogP contribution in [0.15, 0.2) is 24.3 Å². The summed E-state index contributed by atoms with van der Waals surface area (Å²) in [6.45, 7) is 4.80. The Morgan fingerprint density at radius 3 is 2.75 bits per heavy atom. The molecule has 0 amide bonds. The summed E-state index contributed by atoms with van der Waals surface area (Å²) in [5.74, 6) is 0.891. The van der Waals surface area contributed by atoms with Crippen LogP contribution in [0.3, 0.4) is 0 Å². The molecule has 0 spiro atoms. The highest BCUT2D eigenvalue weighted by molar-refractivity contribution is 7.22. The normalized spacial score (nSPS) is 11.1. The molecule has 0 aliphatic rings. The van der Waals surface area contributed by atoms with E-state index in [1.807, 2.05) is 25.1 Å². The third-order valence-electron chi connectivity index (χ3n) is 3.06. The Morgan fingerprint density at radius 1 is 1.20 bits per heavy atom. The van der Waals surface area contributed by atoms with E-state index in [2.05, 4.69) is 18.0 Å². The number of hydrogen-bond acceptors (Lipinski definition) is 5. The topological polar surface area (TPSA) is 48.1 Å². The van der Waals surface area contributed by atoms with Crippen molar-refractivity contribution in [3.63, 3.8) is 0 Å². The molecule has 3 rings (SSSR count). The van der Waals surface area contributed by atoms with Crippen LogP contribution in [0.2, 0.25) is 0 Å². The summed E-state index contributed by atoms with van der Waals surface area (Å²) in [5, 5.41) is 1.84. The van der Waals surface area contributed by atoms with Crippen molar-refractivity contribution in [1.29, 1.82) is 0 Å². The van der Waals surface area contributed by atoms with Crippen LogP contribution in [0.25, 0.3) is 20.8 Å². The van der Waals surface area contributed by atoms with E-state index >= 15 is 0 Å². The second-order valence-corrected chi connectivity index (χ2v) is 6.62. The van der Waals surface area contributed by atoms with Crippen LogP contribution in [-0.2, 0) is 6.42 Å². The predicted octanol–water partition coefficient (Wildman–Crippen LogP) is 4.57. The molecule has 2 heterocycles. The molecule has 0 atom stereocenters. The number of aromatic nitrogens is 1. The summed E-state index contributed by atoms with van der Waals surface area (Å²) in [7, 11) is 0. The van der Waals surface area contributed by atoms with Crippen molar-refractivity contribution in [2.75, 3.05) is 12.3 Å². The maximum atomic E-state index is 6.11. The molecule has 3 aromatic rings. The molecule has 1 aromatic carbocycles. The van der Waals surface area contributed by atoms with Crippen LogP contribution in [0.1, 0.15) is 18.7 Å². The smallest absolute Gasteiger partial charge is 0.127 e. The van der Waals surface area contributed by atoms with Crippen molar-refractivity contribution in [1.82, 2.24) is 4.98 Å². The molecule has 5 heteroatoms. The lowest BCUT2D eigenvalue weighted by Crippen LogP contribution is -1.89. The lowest BCUT2D eigenvalue weighted by Gasteiger charge is -2.00.